The van der Waals surface area contributed by atoms with Crippen molar-refractivity contribution in [2.24, 2.45) is 0 Å². The Morgan fingerprint density at radius 3 is 3.11 bits per heavy atom. The summed E-state index contributed by atoms with van der Waals surface area (Å²) >= 11 is 1.67. The fraction of sp³-hybridized carbons (Fsp3) is 0.583. The number of rotatable bonds is 5. The summed E-state index contributed by atoms with van der Waals surface area (Å²) in [6.07, 6.45) is 1.46. The van der Waals surface area contributed by atoms with Crippen LogP contribution >= 0.6 is 23.7 Å². The maximum absolute atomic E-state index is 11.8. The van der Waals surface area contributed by atoms with Crippen molar-refractivity contribution in [3.8, 4) is 0 Å². The lowest BCUT2D eigenvalue weighted by Crippen LogP contribution is -2.43. The monoisotopic (exact) mass is 290 g/mol. The molecule has 1 fully saturated rings. The van der Waals surface area contributed by atoms with Gasteiger partial charge in [0.15, 0.2) is 0 Å². The van der Waals surface area contributed by atoms with Crippen molar-refractivity contribution in [2.45, 2.75) is 25.0 Å². The molecule has 4 nitrogen and oxygen atoms in total. The SMILES string of the molecule is COC1CNCC1NC(=O)CCc1ccsc1.Cl. The largest absolute Gasteiger partial charge is 0.378 e. The highest BCUT2D eigenvalue weighted by Gasteiger charge is 2.27. The number of thiophene rings is 1. The molecule has 1 aromatic heterocycles. The Morgan fingerprint density at radius 1 is 1.61 bits per heavy atom. The summed E-state index contributed by atoms with van der Waals surface area (Å²) in [6.45, 7) is 1.61. The minimum Gasteiger partial charge on any atom is -0.378 e. The highest BCUT2D eigenvalue weighted by Crippen LogP contribution is 2.09. The quantitative estimate of drug-likeness (QED) is 0.857. The molecule has 2 N–H and O–H groups in total. The first-order chi connectivity index (χ1) is 8.29. The van der Waals surface area contributed by atoms with Crippen molar-refractivity contribution >= 4 is 29.7 Å². The molecule has 0 aromatic carbocycles. The van der Waals surface area contributed by atoms with Gasteiger partial charge in [0.1, 0.15) is 0 Å². The van der Waals surface area contributed by atoms with Crippen LogP contribution < -0.4 is 10.6 Å². The lowest BCUT2D eigenvalue weighted by atomic mass is 10.1. The van der Waals surface area contributed by atoms with E-state index in [9.17, 15) is 4.79 Å². The Bertz CT molecular complexity index is 359. The Morgan fingerprint density at radius 2 is 2.44 bits per heavy atom. The zero-order chi connectivity index (χ0) is 12.1. The van der Waals surface area contributed by atoms with E-state index in [0.717, 1.165) is 19.5 Å². The third-order valence-corrected chi connectivity index (χ3v) is 3.76. The number of carbonyl (C=O) groups is 1. The molecule has 1 amide bonds. The van der Waals surface area contributed by atoms with Crippen molar-refractivity contribution < 1.29 is 9.53 Å². The number of hydrogen-bond acceptors (Lipinski definition) is 4. The lowest BCUT2D eigenvalue weighted by Gasteiger charge is -2.18. The molecule has 2 atom stereocenters. The predicted molar refractivity (Wildman–Crippen MR) is 75.5 cm³/mol. The lowest BCUT2D eigenvalue weighted by molar-refractivity contribution is -0.122. The number of amides is 1. The number of nitrogens with one attached hydrogen (secondary N) is 2. The van der Waals surface area contributed by atoms with Crippen LogP contribution in [0.3, 0.4) is 0 Å². The molecular weight excluding hydrogens is 272 g/mol. The van der Waals surface area contributed by atoms with E-state index in [1.54, 1.807) is 18.4 Å². The van der Waals surface area contributed by atoms with Crippen molar-refractivity contribution in [1.29, 1.82) is 0 Å². The summed E-state index contributed by atoms with van der Waals surface area (Å²) in [4.78, 5) is 11.8. The van der Waals surface area contributed by atoms with Crippen molar-refractivity contribution in [3.63, 3.8) is 0 Å². The minimum absolute atomic E-state index is 0. The zero-order valence-electron chi connectivity index (χ0n) is 10.3. The van der Waals surface area contributed by atoms with Crippen LogP contribution in [0.1, 0.15) is 12.0 Å². The van der Waals surface area contributed by atoms with Crippen LogP contribution in [0.2, 0.25) is 0 Å². The van der Waals surface area contributed by atoms with E-state index in [1.807, 2.05) is 5.38 Å². The summed E-state index contributed by atoms with van der Waals surface area (Å²) in [5, 5.41) is 10.4. The summed E-state index contributed by atoms with van der Waals surface area (Å²) in [5.41, 5.74) is 1.23. The fourth-order valence-electron chi connectivity index (χ4n) is 2.02. The molecule has 2 unspecified atom stereocenters. The van der Waals surface area contributed by atoms with Gasteiger partial charge in [0, 0.05) is 26.6 Å². The molecule has 0 bridgehead atoms. The molecule has 1 aliphatic rings. The molecule has 2 heterocycles. The van der Waals surface area contributed by atoms with E-state index < -0.39 is 0 Å². The predicted octanol–water partition coefficient (Wildman–Crippen LogP) is 1.21. The number of carbonyl (C=O) groups excluding carboxylic acids is 1. The summed E-state index contributed by atoms with van der Waals surface area (Å²) in [5.74, 6) is 0.104. The van der Waals surface area contributed by atoms with Crippen LogP contribution in [0.4, 0.5) is 0 Å². The van der Waals surface area contributed by atoms with Gasteiger partial charge in [-0.3, -0.25) is 4.79 Å². The van der Waals surface area contributed by atoms with Crippen LogP contribution in [0.5, 0.6) is 0 Å². The van der Waals surface area contributed by atoms with Crippen LogP contribution in [0.25, 0.3) is 0 Å². The van der Waals surface area contributed by atoms with Gasteiger partial charge in [-0.05, 0) is 28.8 Å². The van der Waals surface area contributed by atoms with Gasteiger partial charge in [-0.2, -0.15) is 11.3 Å². The summed E-state index contributed by atoms with van der Waals surface area (Å²) in [6, 6.07) is 2.17. The van der Waals surface area contributed by atoms with Crippen LogP contribution in [-0.4, -0.2) is 38.3 Å². The molecule has 0 spiro atoms. The van der Waals surface area contributed by atoms with E-state index in [1.165, 1.54) is 5.56 Å². The maximum atomic E-state index is 11.8. The van der Waals surface area contributed by atoms with E-state index in [4.69, 9.17) is 4.74 Å². The molecule has 0 radical (unpaired) electrons. The van der Waals surface area contributed by atoms with E-state index in [0.29, 0.717) is 6.42 Å². The minimum atomic E-state index is 0. The molecule has 6 heteroatoms. The summed E-state index contributed by atoms with van der Waals surface area (Å²) in [7, 11) is 1.68. The van der Waals surface area contributed by atoms with Crippen molar-refractivity contribution in [3.05, 3.63) is 22.4 Å². The van der Waals surface area contributed by atoms with Gasteiger partial charge in [0.25, 0.3) is 0 Å². The van der Waals surface area contributed by atoms with Gasteiger partial charge < -0.3 is 15.4 Å². The average Bonchev–Trinajstić information content (AvgIpc) is 2.97. The van der Waals surface area contributed by atoms with Gasteiger partial charge in [0.05, 0.1) is 12.1 Å². The molecule has 1 aromatic rings. The molecular formula is C12H19ClN2O2S. The molecule has 0 saturated carbocycles. The molecule has 0 aliphatic carbocycles. The average molecular weight is 291 g/mol. The Labute approximate surface area is 118 Å². The second-order valence-electron chi connectivity index (χ2n) is 4.24. The topological polar surface area (TPSA) is 50.4 Å². The number of methoxy groups -OCH3 is 1. The van der Waals surface area contributed by atoms with E-state index in [2.05, 4.69) is 22.1 Å². The van der Waals surface area contributed by atoms with E-state index in [-0.39, 0.29) is 30.5 Å². The first-order valence-electron chi connectivity index (χ1n) is 5.83. The van der Waals surface area contributed by atoms with Gasteiger partial charge >= 0.3 is 0 Å². The normalized spacial score (nSPS) is 22.5. The number of aryl methyl sites for hydroxylation is 1. The van der Waals surface area contributed by atoms with Crippen LogP contribution in [-0.2, 0) is 16.0 Å². The van der Waals surface area contributed by atoms with E-state index >= 15 is 0 Å². The first kappa shape index (κ1) is 15.4. The Hall–Kier alpha value is -0.620. The smallest absolute Gasteiger partial charge is 0.220 e. The summed E-state index contributed by atoms with van der Waals surface area (Å²) < 4.78 is 5.30. The molecule has 18 heavy (non-hydrogen) atoms. The van der Waals surface area contributed by atoms with Gasteiger partial charge in [-0.15, -0.1) is 12.4 Å². The van der Waals surface area contributed by atoms with Crippen LogP contribution in [0, 0.1) is 0 Å². The number of ether oxygens (including phenoxy) is 1. The van der Waals surface area contributed by atoms with Crippen molar-refractivity contribution in [2.75, 3.05) is 20.2 Å². The molecule has 1 aliphatic heterocycles. The third-order valence-electron chi connectivity index (χ3n) is 3.03. The zero-order valence-corrected chi connectivity index (χ0v) is 12.0. The molecule has 2 rings (SSSR count). The Balaban J connectivity index is 0.00000162. The standard InChI is InChI=1S/C12H18N2O2S.ClH/c1-16-11-7-13-6-10(11)14-12(15)3-2-9-4-5-17-8-9;/h4-5,8,10-11,13H,2-3,6-7H2,1H3,(H,14,15);1H. The highest BCUT2D eigenvalue weighted by atomic mass is 35.5. The van der Waals surface area contributed by atoms with Crippen LogP contribution in [0.15, 0.2) is 16.8 Å². The van der Waals surface area contributed by atoms with Gasteiger partial charge in [-0.1, -0.05) is 0 Å². The Kier molecular flexibility index (Phi) is 6.63. The third kappa shape index (κ3) is 4.24. The van der Waals surface area contributed by atoms with Gasteiger partial charge in [-0.25, -0.2) is 0 Å². The maximum Gasteiger partial charge on any atom is 0.220 e. The second-order valence-corrected chi connectivity index (χ2v) is 5.02. The number of hydrogen-bond donors (Lipinski definition) is 2. The molecule has 102 valence electrons. The molecule has 1 saturated heterocycles. The highest BCUT2D eigenvalue weighted by molar-refractivity contribution is 7.07. The van der Waals surface area contributed by atoms with Gasteiger partial charge in [0.2, 0.25) is 5.91 Å². The fourth-order valence-corrected chi connectivity index (χ4v) is 2.72. The first-order valence-corrected chi connectivity index (χ1v) is 6.78. The van der Waals surface area contributed by atoms with Crippen molar-refractivity contribution in [1.82, 2.24) is 10.6 Å². The second kappa shape index (κ2) is 7.74. The number of halogens is 1.